The van der Waals surface area contributed by atoms with Crippen LogP contribution in [0.1, 0.15) is 16.2 Å². The molecule has 1 aliphatic rings. The Morgan fingerprint density at radius 2 is 2.00 bits per heavy atom. The largest absolute Gasteiger partial charge is 0.454 e. The van der Waals surface area contributed by atoms with E-state index in [9.17, 15) is 4.79 Å². The van der Waals surface area contributed by atoms with E-state index in [1.807, 2.05) is 24.3 Å². The molecule has 116 valence electrons. The number of aromatic nitrogens is 1. The van der Waals surface area contributed by atoms with E-state index in [0.29, 0.717) is 35.9 Å². The number of carbonyl (C=O) groups is 1. The molecule has 3 aromatic rings. The van der Waals surface area contributed by atoms with Gasteiger partial charge in [0.1, 0.15) is 5.52 Å². The number of benzene rings is 2. The second kappa shape index (κ2) is 5.64. The van der Waals surface area contributed by atoms with Gasteiger partial charge in [0.05, 0.1) is 0 Å². The normalized spacial score (nSPS) is 12.5. The van der Waals surface area contributed by atoms with Gasteiger partial charge in [0.2, 0.25) is 6.79 Å². The van der Waals surface area contributed by atoms with Gasteiger partial charge in [-0.05, 0) is 30.3 Å². The number of hydrogen-bond donors (Lipinski definition) is 1. The number of nitrogens with zero attached hydrogens (tertiary/aromatic N) is 1. The molecule has 0 bridgehead atoms. The Balaban J connectivity index is 1.38. The van der Waals surface area contributed by atoms with Crippen LogP contribution in [0.15, 0.2) is 46.9 Å². The van der Waals surface area contributed by atoms with E-state index in [0.717, 1.165) is 11.1 Å². The van der Waals surface area contributed by atoms with E-state index in [1.165, 1.54) is 0 Å². The molecule has 0 radical (unpaired) electrons. The smallest absolute Gasteiger partial charge is 0.251 e. The van der Waals surface area contributed by atoms with Crippen molar-refractivity contribution in [2.24, 2.45) is 0 Å². The lowest BCUT2D eigenvalue weighted by atomic mass is 10.2. The molecule has 1 aromatic heterocycles. The highest BCUT2D eigenvalue weighted by Gasteiger charge is 2.16. The first kappa shape index (κ1) is 13.6. The maximum atomic E-state index is 12.1. The average Bonchev–Trinajstić information content (AvgIpc) is 3.19. The minimum absolute atomic E-state index is 0.167. The highest BCUT2D eigenvalue weighted by Crippen LogP contribution is 2.32. The molecule has 0 atom stereocenters. The minimum atomic E-state index is -0.167. The van der Waals surface area contributed by atoms with Crippen LogP contribution in [0.25, 0.3) is 11.1 Å². The molecule has 0 aliphatic carbocycles. The van der Waals surface area contributed by atoms with Crippen LogP contribution in [0.2, 0.25) is 0 Å². The number of amides is 1. The van der Waals surface area contributed by atoms with Crippen LogP contribution in [0.3, 0.4) is 0 Å². The SMILES string of the molecule is O=C(NCCc1nc2ccccc2o1)c1ccc2c(c1)OCO2. The summed E-state index contributed by atoms with van der Waals surface area (Å²) >= 11 is 0. The molecule has 1 aliphatic heterocycles. The van der Waals surface area contributed by atoms with E-state index in [4.69, 9.17) is 13.9 Å². The van der Waals surface area contributed by atoms with Crippen LogP contribution in [0, 0.1) is 0 Å². The third-order valence-corrected chi connectivity index (χ3v) is 3.60. The number of ether oxygens (including phenoxy) is 2. The number of fused-ring (bicyclic) bond motifs is 2. The van der Waals surface area contributed by atoms with Crippen molar-refractivity contribution in [3.8, 4) is 11.5 Å². The van der Waals surface area contributed by atoms with Crippen molar-refractivity contribution >= 4 is 17.0 Å². The molecule has 1 amide bonds. The highest BCUT2D eigenvalue weighted by atomic mass is 16.7. The van der Waals surface area contributed by atoms with Gasteiger partial charge in [-0.2, -0.15) is 0 Å². The van der Waals surface area contributed by atoms with Gasteiger partial charge in [0, 0.05) is 18.5 Å². The van der Waals surface area contributed by atoms with Crippen molar-refractivity contribution in [1.82, 2.24) is 10.3 Å². The molecule has 1 N–H and O–H groups in total. The summed E-state index contributed by atoms with van der Waals surface area (Å²) in [5.74, 6) is 1.70. The van der Waals surface area contributed by atoms with E-state index in [2.05, 4.69) is 10.3 Å². The molecule has 0 fully saturated rings. The number of hydrogen-bond acceptors (Lipinski definition) is 5. The minimum Gasteiger partial charge on any atom is -0.454 e. The second-order valence-corrected chi connectivity index (χ2v) is 5.15. The molecule has 0 saturated heterocycles. The predicted octanol–water partition coefficient (Wildman–Crippen LogP) is 2.53. The monoisotopic (exact) mass is 310 g/mol. The first-order valence-corrected chi connectivity index (χ1v) is 7.32. The van der Waals surface area contributed by atoms with E-state index < -0.39 is 0 Å². The van der Waals surface area contributed by atoms with Crippen molar-refractivity contribution < 1.29 is 18.7 Å². The zero-order chi connectivity index (χ0) is 15.6. The number of carbonyl (C=O) groups excluding carboxylic acids is 1. The molecule has 0 spiro atoms. The van der Waals surface area contributed by atoms with Crippen molar-refractivity contribution in [3.63, 3.8) is 0 Å². The summed E-state index contributed by atoms with van der Waals surface area (Å²) < 4.78 is 16.1. The van der Waals surface area contributed by atoms with E-state index >= 15 is 0 Å². The van der Waals surface area contributed by atoms with Crippen LogP contribution in [-0.4, -0.2) is 24.2 Å². The topological polar surface area (TPSA) is 73.6 Å². The maximum absolute atomic E-state index is 12.1. The van der Waals surface area contributed by atoms with Crippen molar-refractivity contribution in [2.45, 2.75) is 6.42 Å². The zero-order valence-electron chi connectivity index (χ0n) is 12.2. The van der Waals surface area contributed by atoms with Crippen LogP contribution < -0.4 is 14.8 Å². The summed E-state index contributed by atoms with van der Waals surface area (Å²) in [5, 5.41) is 2.85. The molecule has 6 heteroatoms. The fourth-order valence-electron chi connectivity index (χ4n) is 2.45. The number of nitrogens with one attached hydrogen (secondary N) is 1. The number of oxazole rings is 1. The summed E-state index contributed by atoms with van der Waals surface area (Å²) in [7, 11) is 0. The van der Waals surface area contributed by atoms with Crippen LogP contribution in [0.5, 0.6) is 11.5 Å². The zero-order valence-corrected chi connectivity index (χ0v) is 12.2. The Morgan fingerprint density at radius 3 is 2.91 bits per heavy atom. The molecule has 2 heterocycles. The fourth-order valence-corrected chi connectivity index (χ4v) is 2.45. The summed E-state index contributed by atoms with van der Waals surface area (Å²) in [5.41, 5.74) is 2.11. The van der Waals surface area contributed by atoms with Gasteiger partial charge in [0.25, 0.3) is 5.91 Å². The lowest BCUT2D eigenvalue weighted by Crippen LogP contribution is -2.25. The van der Waals surface area contributed by atoms with Crippen molar-refractivity contribution in [2.75, 3.05) is 13.3 Å². The molecule has 2 aromatic carbocycles. The first-order valence-electron chi connectivity index (χ1n) is 7.32. The van der Waals surface area contributed by atoms with Crippen LogP contribution in [0.4, 0.5) is 0 Å². The number of para-hydroxylation sites is 2. The molecule has 4 rings (SSSR count). The molecular weight excluding hydrogens is 296 g/mol. The van der Waals surface area contributed by atoms with E-state index in [1.54, 1.807) is 18.2 Å². The summed E-state index contributed by atoms with van der Waals surface area (Å²) in [6.45, 7) is 0.637. The molecule has 6 nitrogen and oxygen atoms in total. The van der Waals surface area contributed by atoms with Crippen LogP contribution >= 0.6 is 0 Å². The Bertz CT molecular complexity index is 839. The standard InChI is InChI=1S/C17H14N2O4/c20-17(11-5-6-14-15(9-11)22-10-21-14)18-8-7-16-19-12-3-1-2-4-13(12)23-16/h1-6,9H,7-8,10H2,(H,18,20). The lowest BCUT2D eigenvalue weighted by Gasteiger charge is -2.04. The van der Waals surface area contributed by atoms with Gasteiger partial charge in [-0.25, -0.2) is 4.98 Å². The summed E-state index contributed by atoms with van der Waals surface area (Å²) in [6, 6.07) is 12.7. The number of rotatable bonds is 4. The molecular formula is C17H14N2O4. The molecule has 0 unspecified atom stereocenters. The Hall–Kier alpha value is -3.02. The summed E-state index contributed by atoms with van der Waals surface area (Å²) in [6.07, 6.45) is 0.533. The molecule has 0 saturated carbocycles. The quantitative estimate of drug-likeness (QED) is 0.801. The van der Waals surface area contributed by atoms with Crippen molar-refractivity contribution in [1.29, 1.82) is 0 Å². The Labute approximate surface area is 132 Å². The second-order valence-electron chi connectivity index (χ2n) is 5.15. The van der Waals surface area contributed by atoms with Gasteiger partial charge in [-0.15, -0.1) is 0 Å². The van der Waals surface area contributed by atoms with Gasteiger partial charge in [0.15, 0.2) is 23.0 Å². The van der Waals surface area contributed by atoms with Crippen LogP contribution in [-0.2, 0) is 6.42 Å². The van der Waals surface area contributed by atoms with Gasteiger partial charge in [-0.1, -0.05) is 12.1 Å². The predicted molar refractivity (Wildman–Crippen MR) is 82.6 cm³/mol. The first-order chi connectivity index (χ1) is 11.3. The van der Waals surface area contributed by atoms with Gasteiger partial charge >= 0.3 is 0 Å². The Kier molecular flexibility index (Phi) is 3.34. The third-order valence-electron chi connectivity index (χ3n) is 3.60. The highest BCUT2D eigenvalue weighted by molar-refractivity contribution is 5.94. The molecule has 23 heavy (non-hydrogen) atoms. The average molecular weight is 310 g/mol. The van der Waals surface area contributed by atoms with Gasteiger partial charge in [-0.3, -0.25) is 4.79 Å². The lowest BCUT2D eigenvalue weighted by molar-refractivity contribution is 0.0953. The van der Waals surface area contributed by atoms with Gasteiger partial charge < -0.3 is 19.2 Å². The Morgan fingerprint density at radius 1 is 1.13 bits per heavy atom. The third kappa shape index (κ3) is 2.70. The van der Waals surface area contributed by atoms with Crippen molar-refractivity contribution in [3.05, 3.63) is 53.9 Å². The summed E-state index contributed by atoms with van der Waals surface area (Å²) in [4.78, 5) is 16.5. The van der Waals surface area contributed by atoms with E-state index in [-0.39, 0.29) is 12.7 Å². The fraction of sp³-hybridized carbons (Fsp3) is 0.176. The maximum Gasteiger partial charge on any atom is 0.251 e.